The summed E-state index contributed by atoms with van der Waals surface area (Å²) >= 11 is 0. The number of pyridine rings is 1. The molecule has 0 spiro atoms. The van der Waals surface area contributed by atoms with Crippen molar-refractivity contribution in [2.75, 3.05) is 45.3 Å². The molecule has 3 heterocycles. The normalized spacial score (nSPS) is 16.6. The summed E-state index contributed by atoms with van der Waals surface area (Å²) in [6, 6.07) is 9.53. The fourth-order valence-corrected chi connectivity index (χ4v) is 3.06. The number of carbonyl (C=O) groups excluding carboxylic acids is 1. The van der Waals surface area contributed by atoms with Gasteiger partial charge in [-0.05, 0) is 36.9 Å². The average Bonchev–Trinajstić information content (AvgIpc) is 3.15. The van der Waals surface area contributed by atoms with Crippen molar-refractivity contribution in [3.8, 4) is 11.5 Å². The molecule has 1 amide bonds. The van der Waals surface area contributed by atoms with Crippen LogP contribution in [0, 0.1) is 0 Å². The van der Waals surface area contributed by atoms with Crippen LogP contribution in [0.4, 0.5) is 5.82 Å². The van der Waals surface area contributed by atoms with Crippen LogP contribution in [-0.4, -0.2) is 60.7 Å². The van der Waals surface area contributed by atoms with Crippen molar-refractivity contribution in [1.29, 1.82) is 0 Å². The Hall–Kier alpha value is -2.80. The number of likely N-dealkylation sites (N-methyl/N-ethyl adjacent to an activating group) is 1. The number of piperazine rings is 1. The van der Waals surface area contributed by atoms with Gasteiger partial charge in [-0.15, -0.1) is 0 Å². The summed E-state index contributed by atoms with van der Waals surface area (Å²) in [6.45, 7) is 4.24. The maximum absolute atomic E-state index is 12.5. The largest absolute Gasteiger partial charge is 0.454 e. The van der Waals surface area contributed by atoms with Crippen molar-refractivity contribution in [2.45, 2.75) is 6.54 Å². The number of rotatable bonds is 4. The van der Waals surface area contributed by atoms with Gasteiger partial charge in [0.15, 0.2) is 11.5 Å². The second kappa shape index (κ2) is 7.21. The second-order valence-electron chi connectivity index (χ2n) is 6.57. The van der Waals surface area contributed by atoms with Crippen LogP contribution in [0.1, 0.15) is 15.9 Å². The molecule has 4 rings (SSSR count). The molecule has 1 saturated heterocycles. The van der Waals surface area contributed by atoms with Crippen LogP contribution >= 0.6 is 0 Å². The molecule has 0 aliphatic carbocycles. The van der Waals surface area contributed by atoms with E-state index in [-0.39, 0.29) is 12.7 Å². The first-order valence-electron chi connectivity index (χ1n) is 8.75. The van der Waals surface area contributed by atoms with Crippen molar-refractivity contribution in [1.82, 2.24) is 14.8 Å². The van der Waals surface area contributed by atoms with Crippen LogP contribution < -0.4 is 14.8 Å². The molecule has 0 atom stereocenters. The average molecular weight is 354 g/mol. The first kappa shape index (κ1) is 16.7. The molecule has 0 radical (unpaired) electrons. The number of ether oxygens (including phenoxy) is 2. The molecule has 7 nitrogen and oxygen atoms in total. The fraction of sp³-hybridized carbons (Fsp3) is 0.368. The number of nitrogens with zero attached hydrogens (tertiary/aromatic N) is 3. The first-order valence-corrected chi connectivity index (χ1v) is 8.75. The highest BCUT2D eigenvalue weighted by Crippen LogP contribution is 2.32. The third-order valence-corrected chi connectivity index (χ3v) is 4.71. The number of nitrogens with one attached hydrogen (secondary N) is 1. The Morgan fingerprint density at radius 3 is 2.69 bits per heavy atom. The summed E-state index contributed by atoms with van der Waals surface area (Å²) in [4.78, 5) is 21.0. The van der Waals surface area contributed by atoms with Crippen LogP contribution in [0.25, 0.3) is 0 Å². The fourth-order valence-electron chi connectivity index (χ4n) is 3.06. The summed E-state index contributed by atoms with van der Waals surface area (Å²) in [5.41, 5.74) is 1.71. The van der Waals surface area contributed by atoms with E-state index in [1.165, 1.54) is 0 Å². The van der Waals surface area contributed by atoms with Gasteiger partial charge in [0.25, 0.3) is 5.91 Å². The van der Waals surface area contributed by atoms with Gasteiger partial charge in [-0.25, -0.2) is 4.98 Å². The molecule has 2 aromatic rings. The van der Waals surface area contributed by atoms with Gasteiger partial charge in [0.2, 0.25) is 6.79 Å². The monoisotopic (exact) mass is 354 g/mol. The quantitative estimate of drug-likeness (QED) is 0.903. The van der Waals surface area contributed by atoms with Crippen LogP contribution in [0.15, 0.2) is 36.5 Å². The molecule has 1 N–H and O–H groups in total. The number of fused-ring (bicyclic) bond motifs is 1. The van der Waals surface area contributed by atoms with Gasteiger partial charge in [0.05, 0.1) is 5.56 Å². The van der Waals surface area contributed by atoms with Gasteiger partial charge < -0.3 is 24.6 Å². The Kier molecular flexibility index (Phi) is 4.62. The third kappa shape index (κ3) is 3.57. The van der Waals surface area contributed by atoms with Crippen LogP contribution in [0.5, 0.6) is 11.5 Å². The number of aromatic nitrogens is 1. The van der Waals surface area contributed by atoms with Gasteiger partial charge in [-0.2, -0.15) is 0 Å². The summed E-state index contributed by atoms with van der Waals surface area (Å²) < 4.78 is 10.7. The van der Waals surface area contributed by atoms with Crippen molar-refractivity contribution in [3.05, 3.63) is 47.7 Å². The minimum atomic E-state index is 0.0490. The number of benzene rings is 1. The highest BCUT2D eigenvalue weighted by molar-refractivity contribution is 5.94. The first-order chi connectivity index (χ1) is 12.7. The molecule has 136 valence electrons. The zero-order valence-corrected chi connectivity index (χ0v) is 14.8. The van der Waals surface area contributed by atoms with E-state index < -0.39 is 0 Å². The zero-order valence-electron chi connectivity index (χ0n) is 14.8. The SMILES string of the molecule is CN1CCN(C(=O)c2ccc(NCc3ccc4c(c3)OCO4)nc2)CC1. The third-order valence-electron chi connectivity index (χ3n) is 4.71. The van der Waals surface area contributed by atoms with E-state index in [1.807, 2.05) is 35.2 Å². The number of hydrogen-bond donors (Lipinski definition) is 1. The molecule has 2 aliphatic heterocycles. The van der Waals surface area contributed by atoms with Gasteiger partial charge in [-0.1, -0.05) is 6.07 Å². The van der Waals surface area contributed by atoms with Crippen molar-refractivity contribution < 1.29 is 14.3 Å². The van der Waals surface area contributed by atoms with E-state index in [2.05, 4.69) is 22.2 Å². The Morgan fingerprint density at radius 1 is 1.12 bits per heavy atom. The van der Waals surface area contributed by atoms with Gasteiger partial charge in [0, 0.05) is 38.9 Å². The lowest BCUT2D eigenvalue weighted by Crippen LogP contribution is -2.47. The van der Waals surface area contributed by atoms with E-state index in [4.69, 9.17) is 9.47 Å². The summed E-state index contributed by atoms with van der Waals surface area (Å²) in [5, 5.41) is 3.26. The topological polar surface area (TPSA) is 66.9 Å². The summed E-state index contributed by atoms with van der Waals surface area (Å²) in [7, 11) is 2.07. The Labute approximate surface area is 152 Å². The lowest BCUT2D eigenvalue weighted by Gasteiger charge is -2.32. The summed E-state index contributed by atoms with van der Waals surface area (Å²) in [5.74, 6) is 2.33. The van der Waals surface area contributed by atoms with E-state index in [0.29, 0.717) is 12.1 Å². The van der Waals surface area contributed by atoms with Crippen molar-refractivity contribution in [3.63, 3.8) is 0 Å². The predicted octanol–water partition coefficient (Wildman–Crippen LogP) is 1.81. The maximum atomic E-state index is 12.5. The molecule has 1 aromatic heterocycles. The molecular weight excluding hydrogens is 332 g/mol. The van der Waals surface area contributed by atoms with Crippen LogP contribution in [0.2, 0.25) is 0 Å². The standard InChI is InChI=1S/C19H22N4O3/c1-22-6-8-23(9-7-22)19(24)15-3-5-18(21-12-15)20-11-14-2-4-16-17(10-14)26-13-25-16/h2-5,10,12H,6-9,11,13H2,1H3,(H,20,21). The number of amides is 1. The lowest BCUT2D eigenvalue weighted by atomic mass is 10.2. The highest BCUT2D eigenvalue weighted by Gasteiger charge is 2.20. The van der Waals surface area contributed by atoms with E-state index >= 15 is 0 Å². The highest BCUT2D eigenvalue weighted by atomic mass is 16.7. The van der Waals surface area contributed by atoms with Gasteiger partial charge >= 0.3 is 0 Å². The molecule has 26 heavy (non-hydrogen) atoms. The molecule has 0 bridgehead atoms. The number of carbonyl (C=O) groups is 1. The smallest absolute Gasteiger partial charge is 0.255 e. The number of hydrogen-bond acceptors (Lipinski definition) is 6. The molecule has 1 fully saturated rings. The molecule has 1 aromatic carbocycles. The van der Waals surface area contributed by atoms with Gasteiger partial charge in [-0.3, -0.25) is 4.79 Å². The Balaban J connectivity index is 1.35. The van der Waals surface area contributed by atoms with E-state index in [0.717, 1.165) is 49.1 Å². The minimum absolute atomic E-state index is 0.0490. The molecular formula is C19H22N4O3. The van der Waals surface area contributed by atoms with Crippen LogP contribution in [0.3, 0.4) is 0 Å². The lowest BCUT2D eigenvalue weighted by molar-refractivity contribution is 0.0663. The molecule has 7 heteroatoms. The molecule has 0 unspecified atom stereocenters. The summed E-state index contributed by atoms with van der Waals surface area (Å²) in [6.07, 6.45) is 1.64. The van der Waals surface area contributed by atoms with E-state index in [1.54, 1.807) is 6.20 Å². The van der Waals surface area contributed by atoms with Gasteiger partial charge in [0.1, 0.15) is 5.82 Å². The predicted molar refractivity (Wildman–Crippen MR) is 97.5 cm³/mol. The Bertz CT molecular complexity index is 786. The van der Waals surface area contributed by atoms with Crippen LogP contribution in [-0.2, 0) is 6.54 Å². The van der Waals surface area contributed by atoms with Crippen molar-refractivity contribution >= 4 is 11.7 Å². The minimum Gasteiger partial charge on any atom is -0.454 e. The molecule has 0 saturated carbocycles. The van der Waals surface area contributed by atoms with Crippen molar-refractivity contribution in [2.24, 2.45) is 0 Å². The maximum Gasteiger partial charge on any atom is 0.255 e. The zero-order chi connectivity index (χ0) is 17.9. The Morgan fingerprint density at radius 2 is 1.92 bits per heavy atom. The second-order valence-corrected chi connectivity index (χ2v) is 6.57. The van der Waals surface area contributed by atoms with E-state index in [9.17, 15) is 4.79 Å². The number of anilines is 1. The molecule has 2 aliphatic rings.